The van der Waals surface area contributed by atoms with Gasteiger partial charge >= 0.3 is 11.9 Å². The van der Waals surface area contributed by atoms with Gasteiger partial charge in [0.05, 0.1) is 34.8 Å². The molecule has 0 fully saturated rings. The van der Waals surface area contributed by atoms with E-state index in [1.165, 1.54) is 4.57 Å². The summed E-state index contributed by atoms with van der Waals surface area (Å²) in [6.45, 7) is 3.55. The van der Waals surface area contributed by atoms with E-state index in [-0.39, 0.29) is 34.8 Å². The van der Waals surface area contributed by atoms with Gasteiger partial charge in [-0.3, -0.25) is 19.3 Å². The predicted molar refractivity (Wildman–Crippen MR) is 127 cm³/mol. The fourth-order valence-corrected chi connectivity index (χ4v) is 4.92. The Bertz CT molecular complexity index is 1440. The maximum absolute atomic E-state index is 13.4. The lowest BCUT2D eigenvalue weighted by Crippen LogP contribution is -2.42. The SMILES string of the molecule is CCOC(=O)C1=C(N)n2c(sc(=Cc3cccnc3)c2=O)=C(C(=O)OCC)C1c1cccnc1. The first-order valence-corrected chi connectivity index (χ1v) is 11.4. The van der Waals surface area contributed by atoms with Crippen molar-refractivity contribution in [3.05, 3.63) is 85.3 Å². The zero-order valence-corrected chi connectivity index (χ0v) is 19.4. The second-order valence-electron chi connectivity index (χ2n) is 7.22. The Labute approximate surface area is 198 Å². The molecule has 1 unspecified atom stereocenters. The first kappa shape index (κ1) is 23.1. The molecule has 0 spiro atoms. The quantitative estimate of drug-likeness (QED) is 0.514. The Morgan fingerprint density at radius 1 is 1.06 bits per heavy atom. The number of fused-ring (bicyclic) bond motifs is 1. The standard InChI is InChI=1S/C24H22N4O5S/c1-3-32-23(30)18-17(15-8-6-10-27-13-15)19(24(31)33-4-2)22-28(20(18)25)21(29)16(34-22)11-14-7-5-9-26-12-14/h5-13,17H,3-4,25H2,1-2H3. The van der Waals surface area contributed by atoms with Crippen LogP contribution in [0.5, 0.6) is 0 Å². The van der Waals surface area contributed by atoms with Crippen molar-refractivity contribution < 1.29 is 19.1 Å². The number of hydrogen-bond donors (Lipinski definition) is 1. The van der Waals surface area contributed by atoms with Crippen LogP contribution in [0.25, 0.3) is 17.5 Å². The van der Waals surface area contributed by atoms with Crippen LogP contribution in [0.3, 0.4) is 0 Å². The van der Waals surface area contributed by atoms with Crippen molar-refractivity contribution in [1.82, 2.24) is 14.5 Å². The molecule has 0 radical (unpaired) electrons. The number of nitrogens with zero attached hydrogens (tertiary/aromatic N) is 3. The van der Waals surface area contributed by atoms with Gasteiger partial charge in [0.2, 0.25) is 0 Å². The number of pyridine rings is 2. The number of aromatic nitrogens is 3. The van der Waals surface area contributed by atoms with Crippen molar-refractivity contribution in [1.29, 1.82) is 0 Å². The summed E-state index contributed by atoms with van der Waals surface area (Å²) >= 11 is 1.09. The summed E-state index contributed by atoms with van der Waals surface area (Å²) in [4.78, 5) is 47.9. The highest BCUT2D eigenvalue weighted by Gasteiger charge is 2.40. The number of ether oxygens (including phenoxy) is 2. The maximum atomic E-state index is 13.4. The third-order valence-corrected chi connectivity index (χ3v) is 6.25. The molecule has 10 heteroatoms. The average molecular weight is 479 g/mol. The minimum absolute atomic E-state index is 0.0155. The van der Waals surface area contributed by atoms with Gasteiger partial charge in [0.1, 0.15) is 10.5 Å². The predicted octanol–water partition coefficient (Wildman–Crippen LogP) is 0.730. The van der Waals surface area contributed by atoms with E-state index in [2.05, 4.69) is 9.97 Å². The van der Waals surface area contributed by atoms with E-state index >= 15 is 0 Å². The molecule has 1 aliphatic rings. The van der Waals surface area contributed by atoms with Gasteiger partial charge in [-0.05, 0) is 43.2 Å². The summed E-state index contributed by atoms with van der Waals surface area (Å²) in [6, 6.07) is 6.97. The van der Waals surface area contributed by atoms with Crippen LogP contribution in [0.4, 0.5) is 0 Å². The van der Waals surface area contributed by atoms with Crippen LogP contribution in [0, 0.1) is 0 Å². The second-order valence-corrected chi connectivity index (χ2v) is 8.25. The van der Waals surface area contributed by atoms with E-state index in [0.29, 0.717) is 15.7 Å². The molecule has 34 heavy (non-hydrogen) atoms. The molecular formula is C24H22N4O5S. The molecule has 0 amide bonds. The summed E-state index contributed by atoms with van der Waals surface area (Å²) in [5.41, 5.74) is 7.32. The first-order chi connectivity index (χ1) is 16.5. The summed E-state index contributed by atoms with van der Waals surface area (Å²) < 4.78 is 12.4. The van der Waals surface area contributed by atoms with Crippen molar-refractivity contribution in [3.63, 3.8) is 0 Å². The second kappa shape index (κ2) is 9.84. The van der Waals surface area contributed by atoms with Crippen LogP contribution in [0.2, 0.25) is 0 Å². The molecular weight excluding hydrogens is 456 g/mol. The molecule has 9 nitrogen and oxygen atoms in total. The first-order valence-electron chi connectivity index (χ1n) is 10.6. The Kier molecular flexibility index (Phi) is 6.69. The zero-order valence-electron chi connectivity index (χ0n) is 18.6. The highest BCUT2D eigenvalue weighted by atomic mass is 32.1. The third kappa shape index (κ3) is 4.15. The van der Waals surface area contributed by atoms with Crippen LogP contribution in [-0.4, -0.2) is 39.7 Å². The smallest absolute Gasteiger partial charge is 0.338 e. The van der Waals surface area contributed by atoms with Gasteiger partial charge in [0.25, 0.3) is 5.56 Å². The van der Waals surface area contributed by atoms with E-state index in [4.69, 9.17) is 15.2 Å². The van der Waals surface area contributed by atoms with Crippen LogP contribution in [0.1, 0.15) is 30.9 Å². The summed E-state index contributed by atoms with van der Waals surface area (Å²) in [5.74, 6) is -2.40. The van der Waals surface area contributed by atoms with Crippen LogP contribution in [-0.2, 0) is 19.1 Å². The van der Waals surface area contributed by atoms with Crippen molar-refractivity contribution >= 4 is 40.7 Å². The molecule has 1 aliphatic heterocycles. The number of esters is 2. The highest BCUT2D eigenvalue weighted by molar-refractivity contribution is 7.07. The lowest BCUT2D eigenvalue weighted by Gasteiger charge is -2.26. The van der Waals surface area contributed by atoms with E-state index in [1.54, 1.807) is 69.0 Å². The van der Waals surface area contributed by atoms with Gasteiger partial charge in [0, 0.05) is 24.8 Å². The lowest BCUT2D eigenvalue weighted by molar-refractivity contribution is -0.138. The molecule has 3 aromatic heterocycles. The van der Waals surface area contributed by atoms with Crippen molar-refractivity contribution in [3.8, 4) is 0 Å². The van der Waals surface area contributed by atoms with Crippen molar-refractivity contribution in [2.75, 3.05) is 13.2 Å². The fourth-order valence-electron chi connectivity index (χ4n) is 3.76. The number of hydrogen-bond acceptors (Lipinski definition) is 9. The average Bonchev–Trinajstić information content (AvgIpc) is 3.16. The van der Waals surface area contributed by atoms with E-state index in [0.717, 1.165) is 11.3 Å². The monoisotopic (exact) mass is 478 g/mol. The molecule has 0 bridgehead atoms. The Morgan fingerprint density at radius 3 is 2.29 bits per heavy atom. The number of rotatable bonds is 6. The minimum Gasteiger partial charge on any atom is -0.463 e. The van der Waals surface area contributed by atoms with Crippen LogP contribution < -0.4 is 20.5 Å². The van der Waals surface area contributed by atoms with Crippen molar-refractivity contribution in [2.45, 2.75) is 19.8 Å². The topological polar surface area (TPSA) is 126 Å². The minimum atomic E-state index is -0.920. The van der Waals surface area contributed by atoms with Gasteiger partial charge < -0.3 is 15.2 Å². The Hall–Kier alpha value is -4.05. The van der Waals surface area contributed by atoms with Crippen LogP contribution >= 0.6 is 11.3 Å². The summed E-state index contributed by atoms with van der Waals surface area (Å²) in [5, 5.41) is 0. The molecule has 4 heterocycles. The number of carbonyl (C=O) groups is 2. The van der Waals surface area contributed by atoms with E-state index in [9.17, 15) is 14.4 Å². The fraction of sp³-hybridized carbons (Fsp3) is 0.208. The normalized spacial score (nSPS) is 15.8. The molecule has 174 valence electrons. The summed E-state index contributed by atoms with van der Waals surface area (Å²) in [7, 11) is 0. The van der Waals surface area contributed by atoms with Gasteiger partial charge in [-0.2, -0.15) is 0 Å². The van der Waals surface area contributed by atoms with Gasteiger partial charge in [0.15, 0.2) is 0 Å². The lowest BCUT2D eigenvalue weighted by atomic mass is 9.84. The van der Waals surface area contributed by atoms with E-state index in [1.807, 2.05) is 0 Å². The number of nitrogens with two attached hydrogens (primary N) is 1. The molecule has 0 saturated carbocycles. The van der Waals surface area contributed by atoms with Crippen LogP contribution in [0.15, 0.2) is 59.4 Å². The Balaban J connectivity index is 2.11. The molecule has 0 aromatic carbocycles. The number of thiazole rings is 1. The molecule has 4 rings (SSSR count). The Morgan fingerprint density at radius 2 is 1.71 bits per heavy atom. The highest BCUT2D eigenvalue weighted by Crippen LogP contribution is 2.37. The zero-order chi connectivity index (χ0) is 24.2. The third-order valence-electron chi connectivity index (χ3n) is 5.14. The summed E-state index contributed by atoms with van der Waals surface area (Å²) in [6.07, 6.45) is 8.02. The van der Waals surface area contributed by atoms with Gasteiger partial charge in [-0.25, -0.2) is 9.59 Å². The van der Waals surface area contributed by atoms with Gasteiger partial charge in [-0.1, -0.05) is 12.1 Å². The van der Waals surface area contributed by atoms with E-state index < -0.39 is 23.4 Å². The molecule has 1 atom stereocenters. The molecule has 0 saturated heterocycles. The molecule has 2 N–H and O–H groups in total. The largest absolute Gasteiger partial charge is 0.463 e. The number of carbonyl (C=O) groups excluding carboxylic acids is 2. The van der Waals surface area contributed by atoms with Crippen molar-refractivity contribution in [2.24, 2.45) is 5.73 Å². The maximum Gasteiger partial charge on any atom is 0.338 e. The molecule has 3 aromatic rings. The molecule has 0 aliphatic carbocycles. The van der Waals surface area contributed by atoms with Gasteiger partial charge in [-0.15, -0.1) is 11.3 Å².